The van der Waals surface area contributed by atoms with Gasteiger partial charge in [-0.15, -0.1) is 0 Å². The molecule has 0 atom stereocenters. The molecule has 1 aliphatic rings. The highest BCUT2D eigenvalue weighted by Crippen LogP contribution is 2.22. The number of carbonyl (C=O) groups is 2. The van der Waals surface area contributed by atoms with Crippen LogP contribution < -0.4 is 10.6 Å². The molecule has 5 nitrogen and oxygen atoms in total. The third-order valence-corrected chi connectivity index (χ3v) is 3.38. The van der Waals surface area contributed by atoms with E-state index in [9.17, 15) is 9.59 Å². The number of rotatable bonds is 1. The Hall–Kier alpha value is -1.30. The zero-order valence-electron chi connectivity index (χ0n) is 10.8. The monoisotopic (exact) mass is 315 g/mol. The summed E-state index contributed by atoms with van der Waals surface area (Å²) in [4.78, 5) is 25.5. The van der Waals surface area contributed by atoms with Gasteiger partial charge in [-0.3, -0.25) is 9.59 Å². The van der Waals surface area contributed by atoms with Gasteiger partial charge in [0, 0.05) is 35.4 Å². The Bertz CT molecular complexity index is 494. The predicted molar refractivity (Wildman–Crippen MR) is 79.2 cm³/mol. The van der Waals surface area contributed by atoms with Crippen molar-refractivity contribution in [2.75, 3.05) is 31.5 Å². The molecule has 0 spiro atoms. The fourth-order valence-electron chi connectivity index (χ4n) is 2.00. The molecule has 1 aromatic carbocycles. The Balaban J connectivity index is 2.01. The number of nitrogens with zero attached hydrogens (tertiary/aromatic N) is 1. The molecule has 7 heteroatoms. The molecular formula is C13H15Cl2N3O2. The van der Waals surface area contributed by atoms with E-state index in [1.54, 1.807) is 23.1 Å². The molecule has 0 radical (unpaired) electrons. The second-order valence-electron chi connectivity index (χ2n) is 4.51. The molecule has 1 heterocycles. The van der Waals surface area contributed by atoms with Crippen molar-refractivity contribution >= 4 is 40.7 Å². The minimum atomic E-state index is -0.676. The van der Waals surface area contributed by atoms with Gasteiger partial charge in [0.15, 0.2) is 0 Å². The number of nitrogens with one attached hydrogen (secondary N) is 2. The molecule has 0 saturated carbocycles. The van der Waals surface area contributed by atoms with E-state index in [1.807, 2.05) is 0 Å². The summed E-state index contributed by atoms with van der Waals surface area (Å²) in [7, 11) is 0. The quantitative estimate of drug-likeness (QED) is 0.776. The van der Waals surface area contributed by atoms with Crippen molar-refractivity contribution in [1.29, 1.82) is 0 Å². The lowest BCUT2D eigenvalue weighted by Gasteiger charge is -2.19. The fourth-order valence-corrected chi connectivity index (χ4v) is 2.53. The molecule has 2 rings (SSSR count). The van der Waals surface area contributed by atoms with Crippen molar-refractivity contribution < 1.29 is 9.59 Å². The summed E-state index contributed by atoms with van der Waals surface area (Å²) in [6, 6.07) is 4.65. The molecule has 0 unspecified atom stereocenters. The van der Waals surface area contributed by atoms with E-state index in [-0.39, 0.29) is 0 Å². The van der Waals surface area contributed by atoms with Crippen LogP contribution in [0.2, 0.25) is 10.0 Å². The van der Waals surface area contributed by atoms with Gasteiger partial charge in [-0.2, -0.15) is 0 Å². The number of halogens is 2. The van der Waals surface area contributed by atoms with Gasteiger partial charge in [0.2, 0.25) is 0 Å². The van der Waals surface area contributed by atoms with E-state index in [1.165, 1.54) is 0 Å². The van der Waals surface area contributed by atoms with E-state index in [0.717, 1.165) is 13.0 Å². The molecule has 108 valence electrons. The molecule has 20 heavy (non-hydrogen) atoms. The Morgan fingerprint density at radius 2 is 1.80 bits per heavy atom. The zero-order chi connectivity index (χ0) is 14.5. The van der Waals surface area contributed by atoms with Gasteiger partial charge in [-0.05, 0) is 31.2 Å². The smallest absolute Gasteiger partial charge is 0.313 e. The second kappa shape index (κ2) is 6.92. The van der Waals surface area contributed by atoms with Crippen LogP contribution in [0.15, 0.2) is 18.2 Å². The summed E-state index contributed by atoms with van der Waals surface area (Å²) in [5.41, 5.74) is 0.411. The number of anilines is 1. The number of hydrogen-bond acceptors (Lipinski definition) is 3. The predicted octanol–water partition coefficient (Wildman–Crippen LogP) is 1.75. The van der Waals surface area contributed by atoms with Gasteiger partial charge < -0.3 is 15.5 Å². The maximum Gasteiger partial charge on any atom is 0.313 e. The third kappa shape index (κ3) is 4.10. The molecule has 1 fully saturated rings. The maximum absolute atomic E-state index is 12.0. The number of benzene rings is 1. The highest BCUT2D eigenvalue weighted by Gasteiger charge is 2.22. The topological polar surface area (TPSA) is 61.4 Å². The van der Waals surface area contributed by atoms with Crippen molar-refractivity contribution in [2.24, 2.45) is 0 Å². The van der Waals surface area contributed by atoms with Gasteiger partial charge >= 0.3 is 11.8 Å². The largest absolute Gasteiger partial charge is 0.333 e. The standard InChI is InChI=1S/C13H15Cl2N3O2/c14-9-6-10(15)8-11(7-9)17-12(19)13(20)18-4-1-2-16-3-5-18/h6-8,16H,1-5H2,(H,17,19). The van der Waals surface area contributed by atoms with Crippen LogP contribution in [0.5, 0.6) is 0 Å². The van der Waals surface area contributed by atoms with E-state index in [4.69, 9.17) is 23.2 Å². The first kappa shape index (κ1) is 15.1. The lowest BCUT2D eigenvalue weighted by Crippen LogP contribution is -2.41. The molecule has 0 bridgehead atoms. The van der Waals surface area contributed by atoms with Crippen LogP contribution in [0.25, 0.3) is 0 Å². The van der Waals surface area contributed by atoms with Gasteiger partial charge in [-0.25, -0.2) is 0 Å². The summed E-state index contributed by atoms with van der Waals surface area (Å²) in [5, 5.41) is 6.50. The number of carbonyl (C=O) groups excluding carboxylic acids is 2. The molecule has 1 aromatic rings. The molecule has 1 aliphatic heterocycles. The number of amides is 2. The van der Waals surface area contributed by atoms with E-state index < -0.39 is 11.8 Å². The molecular weight excluding hydrogens is 301 g/mol. The summed E-state index contributed by atoms with van der Waals surface area (Å²) in [5.74, 6) is -1.21. The average Bonchev–Trinajstić information content (AvgIpc) is 2.65. The van der Waals surface area contributed by atoms with Crippen LogP contribution in [0.1, 0.15) is 6.42 Å². The highest BCUT2D eigenvalue weighted by molar-refractivity contribution is 6.40. The van der Waals surface area contributed by atoms with Gasteiger partial charge in [0.25, 0.3) is 0 Å². The van der Waals surface area contributed by atoms with Crippen molar-refractivity contribution in [3.63, 3.8) is 0 Å². The van der Waals surface area contributed by atoms with Crippen LogP contribution in [0.3, 0.4) is 0 Å². The van der Waals surface area contributed by atoms with Crippen LogP contribution in [0, 0.1) is 0 Å². The first-order valence-electron chi connectivity index (χ1n) is 6.33. The van der Waals surface area contributed by atoms with Crippen LogP contribution in [-0.2, 0) is 9.59 Å². The molecule has 2 amide bonds. The maximum atomic E-state index is 12.0. The summed E-state index contributed by atoms with van der Waals surface area (Å²) >= 11 is 11.7. The summed E-state index contributed by atoms with van der Waals surface area (Å²) < 4.78 is 0. The summed E-state index contributed by atoms with van der Waals surface area (Å²) in [6.07, 6.45) is 0.835. The van der Waals surface area contributed by atoms with Gasteiger partial charge in [-0.1, -0.05) is 23.2 Å². The van der Waals surface area contributed by atoms with Crippen molar-refractivity contribution in [3.8, 4) is 0 Å². The highest BCUT2D eigenvalue weighted by atomic mass is 35.5. The normalized spacial score (nSPS) is 15.6. The van der Waals surface area contributed by atoms with E-state index in [2.05, 4.69) is 10.6 Å². The summed E-state index contributed by atoms with van der Waals surface area (Å²) in [6.45, 7) is 2.66. The Labute approximate surface area is 127 Å². The average molecular weight is 316 g/mol. The Morgan fingerprint density at radius 3 is 2.50 bits per heavy atom. The zero-order valence-corrected chi connectivity index (χ0v) is 12.3. The van der Waals surface area contributed by atoms with E-state index in [0.29, 0.717) is 35.4 Å². The van der Waals surface area contributed by atoms with Crippen LogP contribution in [0.4, 0.5) is 5.69 Å². The molecule has 2 N–H and O–H groups in total. The Kier molecular flexibility index (Phi) is 5.23. The lowest BCUT2D eigenvalue weighted by molar-refractivity contribution is -0.143. The van der Waals surface area contributed by atoms with Gasteiger partial charge in [0.05, 0.1) is 0 Å². The Morgan fingerprint density at radius 1 is 1.10 bits per heavy atom. The fraction of sp³-hybridized carbons (Fsp3) is 0.385. The molecule has 1 saturated heterocycles. The lowest BCUT2D eigenvalue weighted by atomic mass is 10.3. The van der Waals surface area contributed by atoms with Crippen molar-refractivity contribution in [1.82, 2.24) is 10.2 Å². The van der Waals surface area contributed by atoms with Crippen LogP contribution >= 0.6 is 23.2 Å². The van der Waals surface area contributed by atoms with E-state index >= 15 is 0 Å². The molecule has 0 aliphatic carbocycles. The minimum absolute atomic E-state index is 0.402. The SMILES string of the molecule is O=C(Nc1cc(Cl)cc(Cl)c1)C(=O)N1CCCNCC1. The van der Waals surface area contributed by atoms with Crippen LogP contribution in [-0.4, -0.2) is 42.9 Å². The van der Waals surface area contributed by atoms with Crippen molar-refractivity contribution in [2.45, 2.75) is 6.42 Å². The van der Waals surface area contributed by atoms with Crippen molar-refractivity contribution in [3.05, 3.63) is 28.2 Å². The first-order valence-corrected chi connectivity index (χ1v) is 7.09. The molecule has 0 aromatic heterocycles. The minimum Gasteiger partial charge on any atom is -0.333 e. The van der Waals surface area contributed by atoms with Gasteiger partial charge in [0.1, 0.15) is 0 Å². The third-order valence-electron chi connectivity index (χ3n) is 2.94. The first-order chi connectivity index (χ1) is 9.56. The second-order valence-corrected chi connectivity index (χ2v) is 5.38. The number of hydrogen-bond donors (Lipinski definition) is 2.